The van der Waals surface area contributed by atoms with Crippen molar-refractivity contribution in [3.05, 3.63) is 23.0 Å². The first-order chi connectivity index (χ1) is 9.27. The Morgan fingerprint density at radius 2 is 1.75 bits per heavy atom. The molecular weight excluding hydrogens is 287 g/mol. The summed E-state index contributed by atoms with van der Waals surface area (Å²) in [5.74, 6) is -0.671. The van der Waals surface area contributed by atoms with Crippen LogP contribution in [0.4, 0.5) is 10.1 Å². The van der Waals surface area contributed by atoms with E-state index in [1.54, 1.807) is 0 Å². The molecule has 0 heterocycles. The molecule has 0 aromatic heterocycles. The zero-order valence-corrected chi connectivity index (χ0v) is 12.2. The Hall–Kier alpha value is -1.22. The lowest BCUT2D eigenvalue weighted by Crippen LogP contribution is -2.36. The van der Waals surface area contributed by atoms with Gasteiger partial charge >= 0.3 is 0 Å². The van der Waals surface area contributed by atoms with Gasteiger partial charge in [-0.2, -0.15) is 4.31 Å². The molecule has 4 N–H and O–H groups in total. The summed E-state index contributed by atoms with van der Waals surface area (Å²) in [6.07, 6.45) is 0. The normalized spacial score (nSPS) is 12.1. The average molecular weight is 306 g/mol. The number of nitrogen functional groups attached to an aromatic ring is 1. The van der Waals surface area contributed by atoms with Gasteiger partial charge in [0.2, 0.25) is 10.0 Å². The van der Waals surface area contributed by atoms with E-state index >= 15 is 0 Å². The third-order valence-electron chi connectivity index (χ3n) is 3.00. The summed E-state index contributed by atoms with van der Waals surface area (Å²) in [5.41, 5.74) is 5.68. The van der Waals surface area contributed by atoms with Crippen LogP contribution in [-0.4, -0.2) is 49.2 Å². The van der Waals surface area contributed by atoms with Gasteiger partial charge < -0.3 is 15.9 Å². The maximum Gasteiger partial charge on any atom is 0.243 e. The Labute approximate surface area is 117 Å². The molecule has 0 saturated heterocycles. The largest absolute Gasteiger partial charge is 0.396 e. The number of hydrogen-bond acceptors (Lipinski definition) is 5. The number of aliphatic hydroxyl groups excluding tert-OH is 2. The van der Waals surface area contributed by atoms with Gasteiger partial charge in [-0.25, -0.2) is 12.8 Å². The fourth-order valence-electron chi connectivity index (χ4n) is 2.03. The molecule has 1 aromatic rings. The SMILES string of the molecule is Cc1cc(F)c(N)c(C)c1S(=O)(=O)N(CCO)CCO. The number of nitrogens with two attached hydrogens (primary N) is 1. The van der Waals surface area contributed by atoms with Gasteiger partial charge in [0, 0.05) is 13.1 Å². The van der Waals surface area contributed by atoms with Gasteiger partial charge in [0.15, 0.2) is 0 Å². The molecule has 0 fully saturated rings. The topological polar surface area (TPSA) is 104 Å². The summed E-state index contributed by atoms with van der Waals surface area (Å²) in [4.78, 5) is -0.0849. The highest BCUT2D eigenvalue weighted by molar-refractivity contribution is 7.89. The fraction of sp³-hybridized carbons (Fsp3) is 0.500. The molecule has 1 rings (SSSR count). The summed E-state index contributed by atoms with van der Waals surface area (Å²) >= 11 is 0. The van der Waals surface area contributed by atoms with Crippen molar-refractivity contribution in [2.75, 3.05) is 32.0 Å². The third kappa shape index (κ3) is 3.09. The molecule has 8 heteroatoms. The van der Waals surface area contributed by atoms with Crippen molar-refractivity contribution >= 4 is 15.7 Å². The predicted molar refractivity (Wildman–Crippen MR) is 73.2 cm³/mol. The molecule has 6 nitrogen and oxygen atoms in total. The highest BCUT2D eigenvalue weighted by Gasteiger charge is 2.28. The highest BCUT2D eigenvalue weighted by Crippen LogP contribution is 2.29. The molecular formula is C12H19FN2O4S. The van der Waals surface area contributed by atoms with E-state index in [9.17, 15) is 12.8 Å². The Kier molecular flexibility index (Phi) is 5.46. The van der Waals surface area contributed by atoms with Crippen LogP contribution in [0, 0.1) is 19.7 Å². The van der Waals surface area contributed by atoms with E-state index in [4.69, 9.17) is 15.9 Å². The minimum atomic E-state index is -3.96. The molecule has 0 aliphatic heterocycles. The summed E-state index contributed by atoms with van der Waals surface area (Å²) in [5, 5.41) is 17.9. The molecule has 20 heavy (non-hydrogen) atoms. The zero-order chi connectivity index (χ0) is 15.5. The summed E-state index contributed by atoms with van der Waals surface area (Å²) in [6.45, 7) is 1.83. The number of benzene rings is 1. The average Bonchev–Trinajstić information content (AvgIpc) is 2.35. The maximum atomic E-state index is 13.5. The van der Waals surface area contributed by atoms with Crippen molar-refractivity contribution in [3.8, 4) is 0 Å². The second-order valence-electron chi connectivity index (χ2n) is 4.39. The summed E-state index contributed by atoms with van der Waals surface area (Å²) < 4.78 is 39.5. The second kappa shape index (κ2) is 6.49. The number of hydrogen-bond donors (Lipinski definition) is 3. The van der Waals surface area contributed by atoms with E-state index < -0.39 is 15.8 Å². The summed E-state index contributed by atoms with van der Waals surface area (Å²) in [7, 11) is -3.96. The third-order valence-corrected chi connectivity index (χ3v) is 5.19. The van der Waals surface area contributed by atoms with Crippen molar-refractivity contribution in [2.45, 2.75) is 18.7 Å². The monoisotopic (exact) mass is 306 g/mol. The predicted octanol–water partition coefficient (Wildman–Crippen LogP) is 0.0000400. The molecule has 1 aromatic carbocycles. The molecule has 0 radical (unpaired) electrons. The van der Waals surface area contributed by atoms with Crippen molar-refractivity contribution < 1.29 is 23.0 Å². The lowest BCUT2D eigenvalue weighted by atomic mass is 10.1. The molecule has 0 spiro atoms. The Morgan fingerprint density at radius 3 is 2.20 bits per heavy atom. The Bertz CT molecular complexity index is 584. The number of nitrogens with zero attached hydrogens (tertiary/aromatic N) is 1. The summed E-state index contributed by atoms with van der Waals surface area (Å²) in [6, 6.07) is 1.06. The molecule has 0 amide bonds. The van der Waals surface area contributed by atoms with Crippen LogP contribution in [0.3, 0.4) is 0 Å². The highest BCUT2D eigenvalue weighted by atomic mass is 32.2. The first kappa shape index (κ1) is 16.8. The van der Waals surface area contributed by atoms with E-state index in [-0.39, 0.29) is 48.0 Å². The number of aryl methyl sites for hydroxylation is 1. The number of anilines is 1. The lowest BCUT2D eigenvalue weighted by Gasteiger charge is -2.23. The quantitative estimate of drug-likeness (QED) is 0.642. The van der Waals surface area contributed by atoms with E-state index in [1.165, 1.54) is 13.8 Å². The molecule has 0 aliphatic carbocycles. The molecule has 0 aliphatic rings. The molecule has 114 valence electrons. The van der Waals surface area contributed by atoms with Crippen LogP contribution in [0.5, 0.6) is 0 Å². The maximum absolute atomic E-state index is 13.5. The Morgan fingerprint density at radius 1 is 1.25 bits per heavy atom. The van der Waals surface area contributed by atoms with Gasteiger partial charge in [-0.3, -0.25) is 0 Å². The van der Waals surface area contributed by atoms with E-state index in [1.807, 2.05) is 0 Å². The van der Waals surface area contributed by atoms with Gasteiger partial charge in [-0.1, -0.05) is 0 Å². The van der Waals surface area contributed by atoms with Crippen LogP contribution in [0.2, 0.25) is 0 Å². The van der Waals surface area contributed by atoms with E-state index in [2.05, 4.69) is 0 Å². The van der Waals surface area contributed by atoms with Gasteiger partial charge in [0.05, 0.1) is 23.8 Å². The second-order valence-corrected chi connectivity index (χ2v) is 6.27. The van der Waals surface area contributed by atoms with Gasteiger partial charge in [0.25, 0.3) is 0 Å². The van der Waals surface area contributed by atoms with Gasteiger partial charge in [-0.05, 0) is 31.0 Å². The van der Waals surface area contributed by atoms with Crippen molar-refractivity contribution in [1.29, 1.82) is 0 Å². The number of rotatable bonds is 6. The van der Waals surface area contributed by atoms with Crippen LogP contribution < -0.4 is 5.73 Å². The zero-order valence-electron chi connectivity index (χ0n) is 11.4. The van der Waals surface area contributed by atoms with E-state index in [0.29, 0.717) is 0 Å². The molecule has 0 atom stereocenters. The van der Waals surface area contributed by atoms with Gasteiger partial charge in [0.1, 0.15) is 5.82 Å². The first-order valence-electron chi connectivity index (χ1n) is 6.04. The molecule has 0 bridgehead atoms. The van der Waals surface area contributed by atoms with Crippen LogP contribution >= 0.6 is 0 Å². The van der Waals surface area contributed by atoms with Crippen LogP contribution in [-0.2, 0) is 10.0 Å². The molecule has 0 saturated carbocycles. The van der Waals surface area contributed by atoms with Gasteiger partial charge in [-0.15, -0.1) is 0 Å². The van der Waals surface area contributed by atoms with E-state index in [0.717, 1.165) is 10.4 Å². The lowest BCUT2D eigenvalue weighted by molar-refractivity contribution is 0.217. The van der Waals surface area contributed by atoms with Crippen molar-refractivity contribution in [2.24, 2.45) is 0 Å². The number of aliphatic hydroxyl groups is 2. The first-order valence-corrected chi connectivity index (χ1v) is 7.48. The number of halogens is 1. The Balaban J connectivity index is 3.45. The minimum absolute atomic E-state index is 0.0849. The van der Waals surface area contributed by atoms with Crippen molar-refractivity contribution in [3.63, 3.8) is 0 Å². The standard InChI is InChI=1S/C12H19FN2O4S/c1-8-7-10(13)11(14)9(2)12(8)20(18,19)15(3-5-16)4-6-17/h7,16-17H,3-6,14H2,1-2H3. The van der Waals surface area contributed by atoms with Crippen molar-refractivity contribution in [1.82, 2.24) is 4.31 Å². The minimum Gasteiger partial charge on any atom is -0.396 e. The van der Waals surface area contributed by atoms with Crippen LogP contribution in [0.15, 0.2) is 11.0 Å². The van der Waals surface area contributed by atoms with Crippen LogP contribution in [0.25, 0.3) is 0 Å². The number of sulfonamides is 1. The van der Waals surface area contributed by atoms with Crippen LogP contribution in [0.1, 0.15) is 11.1 Å². The smallest absolute Gasteiger partial charge is 0.243 e. The fourth-order valence-corrected chi connectivity index (χ4v) is 3.90. The molecule has 0 unspecified atom stereocenters.